The van der Waals surface area contributed by atoms with Crippen molar-refractivity contribution < 1.29 is 22.4 Å². The molecule has 160 valence electrons. The van der Waals surface area contributed by atoms with Crippen LogP contribution in [0.2, 0.25) is 5.02 Å². The minimum absolute atomic E-state index is 0.102. The topological polar surface area (TPSA) is 91.1 Å². The Labute approximate surface area is 180 Å². The van der Waals surface area contributed by atoms with E-state index in [-0.39, 0.29) is 33.9 Å². The maximum atomic E-state index is 13.1. The lowest BCUT2D eigenvalue weighted by Gasteiger charge is -2.34. The van der Waals surface area contributed by atoms with Crippen LogP contribution in [0.5, 0.6) is 0 Å². The highest BCUT2D eigenvalue weighted by Gasteiger charge is 2.30. The SMILES string of the molecule is O=C(c1ccco1)N1CCN(C(=O)c2cc(N3CCCCS3(=O)=O)ccc2Cl)CC1. The summed E-state index contributed by atoms with van der Waals surface area (Å²) in [6.45, 7) is 1.86. The zero-order valence-electron chi connectivity index (χ0n) is 16.3. The van der Waals surface area contributed by atoms with Gasteiger partial charge in [-0.15, -0.1) is 0 Å². The molecule has 3 heterocycles. The molecule has 0 saturated carbocycles. The number of hydrogen-bond acceptors (Lipinski definition) is 5. The molecule has 0 aliphatic carbocycles. The summed E-state index contributed by atoms with van der Waals surface area (Å²) < 4.78 is 31.3. The quantitative estimate of drug-likeness (QED) is 0.714. The lowest BCUT2D eigenvalue weighted by atomic mass is 10.1. The Morgan fingerprint density at radius 2 is 1.63 bits per heavy atom. The molecule has 10 heteroatoms. The van der Waals surface area contributed by atoms with Crippen LogP contribution < -0.4 is 4.31 Å². The van der Waals surface area contributed by atoms with Gasteiger partial charge in [-0.1, -0.05) is 11.6 Å². The standard InChI is InChI=1S/C20H22ClN3O5S/c21-17-6-5-15(24-7-1-2-13-30(24,27)28)14-16(17)19(25)22-8-10-23(11-9-22)20(26)18-4-3-12-29-18/h3-6,12,14H,1-2,7-11,13H2. The fourth-order valence-corrected chi connectivity index (χ4v) is 5.58. The van der Waals surface area contributed by atoms with E-state index in [1.165, 1.54) is 10.6 Å². The highest BCUT2D eigenvalue weighted by molar-refractivity contribution is 7.92. The van der Waals surface area contributed by atoms with Crippen LogP contribution in [0.1, 0.15) is 33.8 Å². The number of hydrogen-bond donors (Lipinski definition) is 0. The second-order valence-electron chi connectivity index (χ2n) is 7.32. The average Bonchev–Trinajstić information content (AvgIpc) is 3.28. The average molecular weight is 452 g/mol. The number of piperazine rings is 1. The molecular formula is C20H22ClN3O5S. The molecule has 0 spiro atoms. The summed E-state index contributed by atoms with van der Waals surface area (Å²) >= 11 is 6.27. The molecule has 2 aliphatic rings. The second kappa shape index (κ2) is 8.31. The third kappa shape index (κ3) is 4.04. The zero-order chi connectivity index (χ0) is 21.3. The summed E-state index contributed by atoms with van der Waals surface area (Å²) in [7, 11) is -3.38. The molecule has 0 bridgehead atoms. The van der Waals surface area contributed by atoms with Gasteiger partial charge in [0.25, 0.3) is 11.8 Å². The number of anilines is 1. The molecule has 8 nitrogen and oxygen atoms in total. The highest BCUT2D eigenvalue weighted by atomic mass is 35.5. The van der Waals surface area contributed by atoms with Gasteiger partial charge in [0.2, 0.25) is 10.0 Å². The fourth-order valence-electron chi connectivity index (χ4n) is 3.75. The summed E-state index contributed by atoms with van der Waals surface area (Å²) in [6.07, 6.45) is 2.86. The first-order chi connectivity index (χ1) is 14.4. The van der Waals surface area contributed by atoms with Gasteiger partial charge in [0.15, 0.2) is 5.76 Å². The first kappa shape index (κ1) is 20.7. The van der Waals surface area contributed by atoms with Gasteiger partial charge in [-0.3, -0.25) is 13.9 Å². The number of carbonyl (C=O) groups excluding carboxylic acids is 2. The molecule has 0 unspecified atom stereocenters. The van der Waals surface area contributed by atoms with Crippen LogP contribution in [-0.2, 0) is 10.0 Å². The number of halogens is 1. The number of nitrogens with zero attached hydrogens (tertiary/aromatic N) is 3. The van der Waals surface area contributed by atoms with Crippen LogP contribution in [-0.4, -0.2) is 68.5 Å². The Hall–Kier alpha value is -2.52. The zero-order valence-corrected chi connectivity index (χ0v) is 17.9. The van der Waals surface area contributed by atoms with E-state index in [4.69, 9.17) is 16.0 Å². The molecule has 0 N–H and O–H groups in total. The van der Waals surface area contributed by atoms with Crippen molar-refractivity contribution in [3.8, 4) is 0 Å². The molecule has 2 amide bonds. The molecule has 0 radical (unpaired) electrons. The van der Waals surface area contributed by atoms with Crippen molar-refractivity contribution in [2.45, 2.75) is 12.8 Å². The van der Waals surface area contributed by atoms with Crippen LogP contribution in [0.15, 0.2) is 41.0 Å². The number of sulfonamides is 1. The minimum Gasteiger partial charge on any atom is -0.459 e. The number of amides is 2. The van der Waals surface area contributed by atoms with Crippen molar-refractivity contribution in [2.24, 2.45) is 0 Å². The van der Waals surface area contributed by atoms with Crippen molar-refractivity contribution in [3.63, 3.8) is 0 Å². The molecule has 2 fully saturated rings. The van der Waals surface area contributed by atoms with Gasteiger partial charge in [-0.25, -0.2) is 8.42 Å². The molecular weight excluding hydrogens is 430 g/mol. The van der Waals surface area contributed by atoms with Gasteiger partial charge in [-0.2, -0.15) is 0 Å². The summed E-state index contributed by atoms with van der Waals surface area (Å²) in [5.41, 5.74) is 0.717. The van der Waals surface area contributed by atoms with Crippen LogP contribution in [0.25, 0.3) is 0 Å². The summed E-state index contributed by atoms with van der Waals surface area (Å²) in [5, 5.41) is 0.271. The maximum Gasteiger partial charge on any atom is 0.289 e. The Kier molecular flexibility index (Phi) is 5.75. The number of furan rings is 1. The monoisotopic (exact) mass is 451 g/mol. The summed E-state index contributed by atoms with van der Waals surface area (Å²) in [6, 6.07) is 8.01. The van der Waals surface area contributed by atoms with Gasteiger partial charge >= 0.3 is 0 Å². The highest BCUT2D eigenvalue weighted by Crippen LogP contribution is 2.29. The molecule has 2 aromatic rings. The van der Waals surface area contributed by atoms with E-state index in [2.05, 4.69) is 0 Å². The Balaban J connectivity index is 1.48. The molecule has 1 aromatic carbocycles. The van der Waals surface area contributed by atoms with Crippen LogP contribution in [0.3, 0.4) is 0 Å². The first-order valence-electron chi connectivity index (χ1n) is 9.79. The van der Waals surface area contributed by atoms with E-state index < -0.39 is 10.0 Å². The number of benzene rings is 1. The molecule has 2 aliphatic heterocycles. The first-order valence-corrected chi connectivity index (χ1v) is 11.8. The maximum absolute atomic E-state index is 13.1. The second-order valence-corrected chi connectivity index (χ2v) is 9.74. The molecule has 30 heavy (non-hydrogen) atoms. The number of rotatable bonds is 3. The van der Waals surface area contributed by atoms with Gasteiger partial charge < -0.3 is 14.2 Å². The minimum atomic E-state index is -3.38. The van der Waals surface area contributed by atoms with Crippen molar-refractivity contribution in [2.75, 3.05) is 42.8 Å². The third-order valence-corrected chi connectivity index (χ3v) is 7.60. The van der Waals surface area contributed by atoms with E-state index in [1.54, 1.807) is 40.1 Å². The van der Waals surface area contributed by atoms with E-state index >= 15 is 0 Å². The molecule has 2 saturated heterocycles. The van der Waals surface area contributed by atoms with E-state index in [1.807, 2.05) is 0 Å². The van der Waals surface area contributed by atoms with E-state index in [0.29, 0.717) is 44.8 Å². The van der Waals surface area contributed by atoms with Crippen molar-refractivity contribution >= 4 is 39.1 Å². The summed E-state index contributed by atoms with van der Waals surface area (Å²) in [5.74, 6) is -0.109. The van der Waals surface area contributed by atoms with E-state index in [0.717, 1.165) is 6.42 Å². The molecule has 1 aromatic heterocycles. The van der Waals surface area contributed by atoms with E-state index in [9.17, 15) is 18.0 Å². The van der Waals surface area contributed by atoms with Crippen LogP contribution in [0, 0.1) is 0 Å². The predicted octanol–water partition coefficient (Wildman–Crippen LogP) is 2.46. The predicted molar refractivity (Wildman–Crippen MR) is 112 cm³/mol. The lowest BCUT2D eigenvalue weighted by molar-refractivity contribution is 0.0518. The fraction of sp³-hybridized carbons (Fsp3) is 0.400. The van der Waals surface area contributed by atoms with Gasteiger partial charge in [0, 0.05) is 32.7 Å². The smallest absolute Gasteiger partial charge is 0.289 e. The van der Waals surface area contributed by atoms with Gasteiger partial charge in [-0.05, 0) is 43.2 Å². The van der Waals surface area contributed by atoms with Crippen molar-refractivity contribution in [1.82, 2.24) is 9.80 Å². The van der Waals surface area contributed by atoms with Crippen molar-refractivity contribution in [1.29, 1.82) is 0 Å². The Morgan fingerprint density at radius 3 is 2.27 bits per heavy atom. The summed E-state index contributed by atoms with van der Waals surface area (Å²) in [4.78, 5) is 28.7. The van der Waals surface area contributed by atoms with Crippen molar-refractivity contribution in [3.05, 3.63) is 52.9 Å². The van der Waals surface area contributed by atoms with Gasteiger partial charge in [0.05, 0.1) is 28.3 Å². The largest absolute Gasteiger partial charge is 0.459 e. The number of carbonyl (C=O) groups is 2. The third-order valence-electron chi connectivity index (χ3n) is 5.40. The lowest BCUT2D eigenvalue weighted by Crippen LogP contribution is -2.50. The Bertz CT molecular complexity index is 1050. The molecule has 0 atom stereocenters. The Morgan fingerprint density at radius 1 is 0.933 bits per heavy atom. The normalized spacial score (nSPS) is 19.0. The van der Waals surface area contributed by atoms with Gasteiger partial charge in [0.1, 0.15) is 0 Å². The molecule has 4 rings (SSSR count). The van der Waals surface area contributed by atoms with Crippen LogP contribution >= 0.6 is 11.6 Å². The van der Waals surface area contributed by atoms with Crippen LogP contribution in [0.4, 0.5) is 5.69 Å².